The fourth-order valence-electron chi connectivity index (χ4n) is 1.77. The summed E-state index contributed by atoms with van der Waals surface area (Å²) in [7, 11) is 1.62. The second kappa shape index (κ2) is 19.8. The maximum absolute atomic E-state index is 10.1. The number of pyridine rings is 1. The predicted octanol–water partition coefficient (Wildman–Crippen LogP) is 1.93. The number of carboxylic acid groups (broad SMARTS) is 1. The van der Waals surface area contributed by atoms with Crippen LogP contribution < -0.4 is 4.57 Å². The highest BCUT2D eigenvalue weighted by Gasteiger charge is 1.96. The molecule has 0 fully saturated rings. The minimum atomic E-state index is -0.854. The van der Waals surface area contributed by atoms with Crippen molar-refractivity contribution < 1.29 is 33.4 Å². The van der Waals surface area contributed by atoms with E-state index in [4.69, 9.17) is 24.1 Å². The molecule has 0 aromatic carbocycles. The van der Waals surface area contributed by atoms with E-state index in [9.17, 15) is 4.79 Å². The fourth-order valence-corrected chi connectivity index (χ4v) is 1.77. The SMILES string of the molecule is CCCC[n+]1ccccc1.COCCOCCOCCOCCC(=O)O. The molecule has 0 saturated heterocycles. The molecule has 7 heteroatoms. The molecule has 0 unspecified atom stereocenters. The summed E-state index contributed by atoms with van der Waals surface area (Å²) in [5.41, 5.74) is 0. The zero-order chi connectivity index (χ0) is 19.3. The molecule has 26 heavy (non-hydrogen) atoms. The van der Waals surface area contributed by atoms with Gasteiger partial charge >= 0.3 is 5.97 Å². The van der Waals surface area contributed by atoms with E-state index < -0.39 is 5.97 Å². The number of methoxy groups -OCH3 is 1. The number of aromatic nitrogens is 1. The van der Waals surface area contributed by atoms with Crippen molar-refractivity contribution in [2.45, 2.75) is 32.7 Å². The molecule has 0 atom stereocenters. The van der Waals surface area contributed by atoms with Crippen molar-refractivity contribution in [1.29, 1.82) is 0 Å². The van der Waals surface area contributed by atoms with Crippen molar-refractivity contribution in [3.8, 4) is 0 Å². The molecule has 1 rings (SSSR count). The minimum Gasteiger partial charge on any atom is -0.481 e. The van der Waals surface area contributed by atoms with Crippen LogP contribution in [-0.2, 0) is 30.3 Å². The first kappa shape index (κ1) is 24.5. The van der Waals surface area contributed by atoms with Crippen LogP contribution in [0.15, 0.2) is 30.6 Å². The predicted molar refractivity (Wildman–Crippen MR) is 98.1 cm³/mol. The second-order valence-corrected chi connectivity index (χ2v) is 5.44. The van der Waals surface area contributed by atoms with E-state index in [1.54, 1.807) is 7.11 Å². The molecule has 0 amide bonds. The fraction of sp³-hybridized carbons (Fsp3) is 0.684. The highest BCUT2D eigenvalue weighted by molar-refractivity contribution is 5.66. The van der Waals surface area contributed by atoms with E-state index in [-0.39, 0.29) is 13.0 Å². The lowest BCUT2D eigenvalue weighted by Crippen LogP contribution is -2.31. The van der Waals surface area contributed by atoms with Gasteiger partial charge in [-0.2, -0.15) is 0 Å². The molecule has 7 nitrogen and oxygen atoms in total. The number of rotatable bonds is 15. The molecule has 0 aliphatic carbocycles. The normalized spacial score (nSPS) is 10.2. The van der Waals surface area contributed by atoms with E-state index in [0.717, 1.165) is 6.54 Å². The third-order valence-electron chi connectivity index (χ3n) is 3.18. The van der Waals surface area contributed by atoms with Crippen molar-refractivity contribution in [2.24, 2.45) is 0 Å². The van der Waals surface area contributed by atoms with Crippen LogP contribution in [0.4, 0.5) is 0 Å². The Balaban J connectivity index is 0.000000531. The zero-order valence-corrected chi connectivity index (χ0v) is 16.1. The van der Waals surface area contributed by atoms with Crippen molar-refractivity contribution in [3.05, 3.63) is 30.6 Å². The Bertz CT molecular complexity index is 416. The van der Waals surface area contributed by atoms with E-state index in [1.165, 1.54) is 12.8 Å². The molecule has 150 valence electrons. The smallest absolute Gasteiger partial charge is 0.305 e. The van der Waals surface area contributed by atoms with Crippen LogP contribution in [0.25, 0.3) is 0 Å². The maximum Gasteiger partial charge on any atom is 0.305 e. The third kappa shape index (κ3) is 18.8. The molecule has 0 aliphatic rings. The summed E-state index contributed by atoms with van der Waals surface area (Å²) < 4.78 is 22.4. The van der Waals surface area contributed by atoms with Crippen LogP contribution in [0.5, 0.6) is 0 Å². The summed E-state index contributed by atoms with van der Waals surface area (Å²) in [6.45, 7) is 6.63. The van der Waals surface area contributed by atoms with Crippen LogP contribution in [-0.4, -0.2) is 64.4 Å². The lowest BCUT2D eigenvalue weighted by molar-refractivity contribution is -0.697. The van der Waals surface area contributed by atoms with Gasteiger partial charge in [-0.25, -0.2) is 4.57 Å². The van der Waals surface area contributed by atoms with Gasteiger partial charge in [0.2, 0.25) is 0 Å². The summed E-state index contributed by atoms with van der Waals surface area (Å²) >= 11 is 0. The average molecular weight is 372 g/mol. The second-order valence-electron chi connectivity index (χ2n) is 5.44. The Morgan fingerprint density at radius 1 is 0.885 bits per heavy atom. The van der Waals surface area contributed by atoms with Gasteiger partial charge in [0.1, 0.15) is 6.54 Å². The summed E-state index contributed by atoms with van der Waals surface area (Å²) in [5.74, 6) is -0.854. The van der Waals surface area contributed by atoms with Crippen LogP contribution in [0.1, 0.15) is 26.2 Å². The number of aliphatic carboxylic acids is 1. The van der Waals surface area contributed by atoms with Gasteiger partial charge in [-0.15, -0.1) is 0 Å². The number of carboxylic acids is 1. The van der Waals surface area contributed by atoms with Gasteiger partial charge in [-0.05, 0) is 0 Å². The first-order valence-corrected chi connectivity index (χ1v) is 9.08. The van der Waals surface area contributed by atoms with Crippen LogP contribution in [0.2, 0.25) is 0 Å². The molecular formula is C19H34NO6+. The number of hydrogen-bond acceptors (Lipinski definition) is 5. The number of carbonyl (C=O) groups is 1. The maximum atomic E-state index is 10.1. The molecule has 0 spiro atoms. The summed E-state index contributed by atoms with van der Waals surface area (Å²) in [6, 6.07) is 6.17. The van der Waals surface area contributed by atoms with Gasteiger partial charge in [-0.3, -0.25) is 4.79 Å². The van der Waals surface area contributed by atoms with Crippen molar-refractivity contribution >= 4 is 5.97 Å². The van der Waals surface area contributed by atoms with Gasteiger partial charge < -0.3 is 24.1 Å². The molecule has 0 radical (unpaired) electrons. The topological polar surface area (TPSA) is 78.1 Å². The van der Waals surface area contributed by atoms with Gasteiger partial charge in [0.15, 0.2) is 12.4 Å². The molecule has 1 aromatic heterocycles. The highest BCUT2D eigenvalue weighted by Crippen LogP contribution is 1.86. The van der Waals surface area contributed by atoms with Crippen LogP contribution in [0, 0.1) is 0 Å². The number of aryl methyl sites for hydroxylation is 1. The number of hydrogen-bond donors (Lipinski definition) is 1. The molecular weight excluding hydrogens is 338 g/mol. The zero-order valence-electron chi connectivity index (χ0n) is 16.1. The minimum absolute atomic E-state index is 0.0279. The summed E-state index contributed by atoms with van der Waals surface area (Å²) in [6.07, 6.45) is 6.78. The summed E-state index contributed by atoms with van der Waals surface area (Å²) in [5, 5.41) is 8.32. The Hall–Kier alpha value is -1.54. The largest absolute Gasteiger partial charge is 0.481 e. The Morgan fingerprint density at radius 3 is 1.92 bits per heavy atom. The average Bonchev–Trinajstić information content (AvgIpc) is 2.65. The lowest BCUT2D eigenvalue weighted by atomic mass is 10.3. The molecule has 0 saturated carbocycles. The number of nitrogens with zero attached hydrogens (tertiary/aromatic N) is 1. The van der Waals surface area contributed by atoms with Crippen molar-refractivity contribution in [3.63, 3.8) is 0 Å². The number of unbranched alkanes of at least 4 members (excludes halogenated alkanes) is 1. The molecule has 0 bridgehead atoms. The van der Waals surface area contributed by atoms with Crippen molar-refractivity contribution in [2.75, 3.05) is 53.4 Å². The molecule has 1 N–H and O–H groups in total. The van der Waals surface area contributed by atoms with E-state index in [0.29, 0.717) is 39.6 Å². The van der Waals surface area contributed by atoms with Crippen molar-refractivity contribution in [1.82, 2.24) is 0 Å². The standard InChI is InChI=1S/C10H20O6.C9H14N/c1-13-4-5-15-8-9-16-7-6-14-3-2-10(11)12;1-2-3-7-10-8-5-4-6-9-10/h2-9H2,1H3,(H,11,12);4-6,8-9H,2-3,7H2,1H3/q;+1. The third-order valence-corrected chi connectivity index (χ3v) is 3.18. The number of ether oxygens (including phenoxy) is 4. The Morgan fingerprint density at radius 2 is 1.42 bits per heavy atom. The van der Waals surface area contributed by atoms with Crippen LogP contribution in [0.3, 0.4) is 0 Å². The van der Waals surface area contributed by atoms with E-state index in [1.807, 2.05) is 6.07 Å². The van der Waals surface area contributed by atoms with Gasteiger partial charge in [-0.1, -0.05) is 19.4 Å². The Labute approximate surface area is 156 Å². The lowest BCUT2D eigenvalue weighted by Gasteiger charge is -2.05. The molecule has 1 aromatic rings. The van der Waals surface area contributed by atoms with Gasteiger partial charge in [0.05, 0.1) is 52.7 Å². The first-order chi connectivity index (χ1) is 12.7. The van der Waals surface area contributed by atoms with Crippen LogP contribution >= 0.6 is 0 Å². The van der Waals surface area contributed by atoms with E-state index in [2.05, 4.69) is 36.0 Å². The van der Waals surface area contributed by atoms with Gasteiger partial charge in [0.25, 0.3) is 0 Å². The quantitative estimate of drug-likeness (QED) is 0.374. The van der Waals surface area contributed by atoms with Gasteiger partial charge in [0, 0.05) is 25.7 Å². The first-order valence-electron chi connectivity index (χ1n) is 9.08. The molecule has 0 aliphatic heterocycles. The Kier molecular flexibility index (Phi) is 18.6. The monoisotopic (exact) mass is 372 g/mol. The summed E-state index contributed by atoms with van der Waals surface area (Å²) in [4.78, 5) is 10.1. The van der Waals surface area contributed by atoms with E-state index >= 15 is 0 Å². The molecule has 1 heterocycles. The highest BCUT2D eigenvalue weighted by atomic mass is 16.6.